The van der Waals surface area contributed by atoms with Crippen molar-refractivity contribution >= 4 is 16.5 Å². The van der Waals surface area contributed by atoms with Gasteiger partial charge in [-0.3, -0.25) is 0 Å². The van der Waals surface area contributed by atoms with Crippen molar-refractivity contribution in [3.8, 4) is 0 Å². The molecular weight excluding hydrogens is 254 g/mol. The van der Waals surface area contributed by atoms with Gasteiger partial charge in [0.25, 0.3) is 0 Å². The van der Waals surface area contributed by atoms with Crippen LogP contribution in [0.3, 0.4) is 0 Å². The van der Waals surface area contributed by atoms with E-state index in [1.54, 1.807) is 0 Å². The van der Waals surface area contributed by atoms with Gasteiger partial charge in [-0.15, -0.1) is 11.3 Å². The Kier molecular flexibility index (Phi) is 5.64. The molecule has 0 aliphatic heterocycles. The molecule has 0 spiro atoms. The molecule has 1 N–H and O–H groups in total. The monoisotopic (exact) mass is 281 g/mol. The van der Waals surface area contributed by atoms with Gasteiger partial charge in [0.15, 0.2) is 5.13 Å². The van der Waals surface area contributed by atoms with E-state index >= 15 is 0 Å². The summed E-state index contributed by atoms with van der Waals surface area (Å²) in [5.74, 6) is 0.875. The van der Waals surface area contributed by atoms with Crippen molar-refractivity contribution in [1.82, 2.24) is 10.3 Å². The van der Waals surface area contributed by atoms with E-state index in [-0.39, 0.29) is 0 Å². The molecule has 0 atom stereocenters. The van der Waals surface area contributed by atoms with Crippen molar-refractivity contribution < 1.29 is 0 Å². The Labute approximate surface area is 121 Å². The van der Waals surface area contributed by atoms with Gasteiger partial charge in [0.05, 0.1) is 5.69 Å². The highest BCUT2D eigenvalue weighted by Gasteiger charge is 2.18. The lowest BCUT2D eigenvalue weighted by Crippen LogP contribution is -2.26. The first-order chi connectivity index (χ1) is 9.20. The Hall–Kier alpha value is -0.610. The summed E-state index contributed by atoms with van der Waals surface area (Å²) in [6, 6.07) is 0. The van der Waals surface area contributed by atoms with Crippen molar-refractivity contribution in [3.05, 3.63) is 10.6 Å². The quantitative estimate of drug-likeness (QED) is 0.864. The number of aryl methyl sites for hydroxylation is 1. The average Bonchev–Trinajstić information content (AvgIpc) is 2.79. The van der Waals surface area contributed by atoms with Crippen LogP contribution in [0.2, 0.25) is 0 Å². The van der Waals surface area contributed by atoms with E-state index < -0.39 is 0 Å². The van der Waals surface area contributed by atoms with Gasteiger partial charge in [-0.25, -0.2) is 4.98 Å². The second-order valence-electron chi connectivity index (χ2n) is 5.67. The molecule has 19 heavy (non-hydrogen) atoms. The topological polar surface area (TPSA) is 28.2 Å². The van der Waals surface area contributed by atoms with Gasteiger partial charge in [0.2, 0.25) is 0 Å². The Morgan fingerprint density at radius 2 is 2.05 bits per heavy atom. The zero-order valence-electron chi connectivity index (χ0n) is 12.5. The van der Waals surface area contributed by atoms with Crippen LogP contribution in [0, 0.1) is 12.8 Å². The van der Waals surface area contributed by atoms with Crippen LogP contribution in [-0.2, 0) is 6.54 Å². The summed E-state index contributed by atoms with van der Waals surface area (Å²) in [5.41, 5.74) is 1.19. The molecule has 0 aromatic carbocycles. The third-order valence-corrected chi connectivity index (χ3v) is 5.27. The Morgan fingerprint density at radius 3 is 2.74 bits per heavy atom. The van der Waals surface area contributed by atoms with E-state index in [0.717, 1.165) is 19.0 Å². The molecule has 0 radical (unpaired) electrons. The summed E-state index contributed by atoms with van der Waals surface area (Å²) < 4.78 is 0. The van der Waals surface area contributed by atoms with E-state index in [9.17, 15) is 0 Å². The van der Waals surface area contributed by atoms with Crippen molar-refractivity contribution in [3.63, 3.8) is 0 Å². The molecule has 1 aliphatic rings. The lowest BCUT2D eigenvalue weighted by Gasteiger charge is -2.26. The standard InChI is InChI=1S/C15H27N3S/c1-4-16-10-14-12(2)17-15(19-14)18(3)11-13-8-6-5-7-9-13/h13,16H,4-11H2,1-3H3. The first-order valence-corrected chi connectivity index (χ1v) is 8.40. The van der Waals surface area contributed by atoms with Crippen LogP contribution in [0.4, 0.5) is 5.13 Å². The number of aromatic nitrogens is 1. The number of anilines is 1. The third kappa shape index (κ3) is 4.18. The Balaban J connectivity index is 1.92. The lowest BCUT2D eigenvalue weighted by molar-refractivity contribution is 0.362. The fourth-order valence-corrected chi connectivity index (χ4v) is 3.81. The summed E-state index contributed by atoms with van der Waals surface area (Å²) in [6.45, 7) is 7.42. The first kappa shape index (κ1) is 14.8. The predicted octanol–water partition coefficient (Wildman–Crippen LogP) is 3.58. The molecule has 1 aromatic rings. The molecular formula is C15H27N3S. The molecule has 0 bridgehead atoms. The maximum atomic E-state index is 4.73. The fourth-order valence-electron chi connectivity index (χ4n) is 2.81. The third-order valence-electron chi connectivity index (χ3n) is 4.00. The van der Waals surface area contributed by atoms with Crippen LogP contribution in [0.1, 0.15) is 49.6 Å². The zero-order valence-corrected chi connectivity index (χ0v) is 13.4. The molecule has 1 aliphatic carbocycles. The molecule has 1 aromatic heterocycles. The van der Waals surface area contributed by atoms with Crippen LogP contribution in [0.15, 0.2) is 0 Å². The average molecular weight is 281 g/mol. The van der Waals surface area contributed by atoms with E-state index in [4.69, 9.17) is 4.98 Å². The smallest absolute Gasteiger partial charge is 0.185 e. The molecule has 0 amide bonds. The number of nitrogens with zero attached hydrogens (tertiary/aromatic N) is 2. The van der Waals surface area contributed by atoms with Crippen LogP contribution in [0.5, 0.6) is 0 Å². The summed E-state index contributed by atoms with van der Waals surface area (Å²) in [4.78, 5) is 8.48. The van der Waals surface area contributed by atoms with Gasteiger partial charge in [-0.05, 0) is 32.2 Å². The predicted molar refractivity (Wildman–Crippen MR) is 84.1 cm³/mol. The van der Waals surface area contributed by atoms with Crippen LogP contribution in [-0.4, -0.2) is 25.1 Å². The van der Waals surface area contributed by atoms with Crippen molar-refractivity contribution in [2.24, 2.45) is 5.92 Å². The summed E-state index contributed by atoms with van der Waals surface area (Å²) >= 11 is 1.85. The molecule has 1 saturated carbocycles. The maximum absolute atomic E-state index is 4.73. The van der Waals surface area contributed by atoms with E-state index in [1.165, 1.54) is 54.4 Å². The largest absolute Gasteiger partial charge is 0.351 e. The van der Waals surface area contributed by atoms with Crippen molar-refractivity contribution in [1.29, 1.82) is 0 Å². The van der Waals surface area contributed by atoms with E-state index in [0.29, 0.717) is 0 Å². The minimum atomic E-state index is 0.875. The molecule has 0 unspecified atom stereocenters. The van der Waals surface area contributed by atoms with Gasteiger partial charge in [-0.1, -0.05) is 26.2 Å². The van der Waals surface area contributed by atoms with Gasteiger partial charge < -0.3 is 10.2 Å². The van der Waals surface area contributed by atoms with Crippen LogP contribution < -0.4 is 10.2 Å². The van der Waals surface area contributed by atoms with Crippen molar-refractivity contribution in [2.45, 2.75) is 52.5 Å². The van der Waals surface area contributed by atoms with Crippen LogP contribution >= 0.6 is 11.3 Å². The lowest BCUT2D eigenvalue weighted by atomic mass is 9.89. The molecule has 3 nitrogen and oxygen atoms in total. The fraction of sp³-hybridized carbons (Fsp3) is 0.800. The van der Waals surface area contributed by atoms with Gasteiger partial charge >= 0.3 is 0 Å². The molecule has 4 heteroatoms. The minimum absolute atomic E-state index is 0.875. The van der Waals surface area contributed by atoms with E-state index in [1.807, 2.05) is 11.3 Å². The highest BCUT2D eigenvalue weighted by Crippen LogP contribution is 2.29. The number of rotatable bonds is 6. The highest BCUT2D eigenvalue weighted by molar-refractivity contribution is 7.15. The Bertz CT molecular complexity index is 383. The van der Waals surface area contributed by atoms with Gasteiger partial charge in [-0.2, -0.15) is 0 Å². The summed E-state index contributed by atoms with van der Waals surface area (Å²) in [7, 11) is 2.20. The maximum Gasteiger partial charge on any atom is 0.185 e. The van der Waals surface area contributed by atoms with Gasteiger partial charge in [0.1, 0.15) is 0 Å². The second-order valence-corrected chi connectivity index (χ2v) is 6.73. The van der Waals surface area contributed by atoms with E-state index in [2.05, 4.69) is 31.1 Å². The second kappa shape index (κ2) is 7.25. The normalized spacial score (nSPS) is 16.8. The minimum Gasteiger partial charge on any atom is -0.351 e. The molecule has 1 heterocycles. The zero-order chi connectivity index (χ0) is 13.7. The SMILES string of the molecule is CCNCc1sc(N(C)CC2CCCCC2)nc1C. The molecule has 108 valence electrons. The molecule has 1 fully saturated rings. The van der Waals surface area contributed by atoms with Gasteiger partial charge in [0, 0.05) is 25.0 Å². The van der Waals surface area contributed by atoms with Crippen molar-refractivity contribution in [2.75, 3.05) is 25.0 Å². The molecule has 2 rings (SSSR count). The number of nitrogens with one attached hydrogen (secondary N) is 1. The highest BCUT2D eigenvalue weighted by atomic mass is 32.1. The number of hydrogen-bond acceptors (Lipinski definition) is 4. The first-order valence-electron chi connectivity index (χ1n) is 7.59. The number of thiazole rings is 1. The Morgan fingerprint density at radius 1 is 1.32 bits per heavy atom. The number of hydrogen-bond donors (Lipinski definition) is 1. The summed E-state index contributed by atoms with van der Waals surface area (Å²) in [5, 5.41) is 4.58. The van der Waals surface area contributed by atoms with Crippen LogP contribution in [0.25, 0.3) is 0 Å². The summed E-state index contributed by atoms with van der Waals surface area (Å²) in [6.07, 6.45) is 7.07. The molecule has 0 saturated heterocycles.